The maximum atomic E-state index is 6.11. The minimum atomic E-state index is 0.538. The molecule has 0 saturated carbocycles. The molecule has 0 spiro atoms. The second-order valence-electron chi connectivity index (χ2n) is 4.28. The van der Waals surface area contributed by atoms with E-state index in [9.17, 15) is 0 Å². The van der Waals surface area contributed by atoms with Crippen molar-refractivity contribution in [3.05, 3.63) is 58.1 Å². The fourth-order valence-corrected chi connectivity index (χ4v) is 2.48. The van der Waals surface area contributed by atoms with Crippen molar-refractivity contribution < 1.29 is 4.42 Å². The first-order valence-electron chi connectivity index (χ1n) is 5.59. The molecule has 3 rings (SSSR count). The van der Waals surface area contributed by atoms with Crippen molar-refractivity contribution in [2.75, 3.05) is 0 Å². The van der Waals surface area contributed by atoms with Gasteiger partial charge in [0, 0.05) is 16.0 Å². The summed E-state index contributed by atoms with van der Waals surface area (Å²) in [6, 6.07) is 13.7. The summed E-state index contributed by atoms with van der Waals surface area (Å²) < 4.78 is 5.79. The smallest absolute Gasteiger partial charge is 0.153 e. The monoisotopic (exact) mass is 276 g/mol. The molecule has 0 N–H and O–H groups in total. The first-order chi connectivity index (χ1) is 8.63. The number of hydrogen-bond donors (Lipinski definition) is 0. The van der Waals surface area contributed by atoms with Gasteiger partial charge in [0.25, 0.3) is 0 Å². The van der Waals surface area contributed by atoms with Gasteiger partial charge in [-0.05, 0) is 25.1 Å². The molecule has 0 amide bonds. The SMILES string of the molecule is Cc1ccc(-c2cc3cc(Cl)cc(Cl)c3o2)cc1. The quantitative estimate of drug-likeness (QED) is 0.554. The van der Waals surface area contributed by atoms with Crippen molar-refractivity contribution in [2.45, 2.75) is 6.92 Å². The summed E-state index contributed by atoms with van der Waals surface area (Å²) in [5.74, 6) is 0.800. The highest BCUT2D eigenvalue weighted by Crippen LogP contribution is 2.34. The molecule has 90 valence electrons. The minimum Gasteiger partial charge on any atom is -0.455 e. The summed E-state index contributed by atoms with van der Waals surface area (Å²) in [5.41, 5.74) is 2.93. The lowest BCUT2D eigenvalue weighted by atomic mass is 10.1. The first-order valence-corrected chi connectivity index (χ1v) is 6.35. The van der Waals surface area contributed by atoms with Gasteiger partial charge in [-0.15, -0.1) is 0 Å². The van der Waals surface area contributed by atoms with Gasteiger partial charge in [-0.2, -0.15) is 0 Å². The summed E-state index contributed by atoms with van der Waals surface area (Å²) in [6.07, 6.45) is 0. The molecule has 2 aromatic carbocycles. The summed E-state index contributed by atoms with van der Waals surface area (Å²) in [7, 11) is 0. The van der Waals surface area contributed by atoms with E-state index in [-0.39, 0.29) is 0 Å². The molecule has 0 radical (unpaired) electrons. The number of aryl methyl sites for hydroxylation is 1. The zero-order valence-electron chi connectivity index (χ0n) is 9.71. The molecule has 0 fully saturated rings. The number of hydrogen-bond acceptors (Lipinski definition) is 1. The topological polar surface area (TPSA) is 13.1 Å². The highest BCUT2D eigenvalue weighted by Gasteiger charge is 2.10. The standard InChI is InChI=1S/C15H10Cl2O/c1-9-2-4-10(5-3-9)14-7-11-6-12(16)8-13(17)15(11)18-14/h2-8H,1H3. The Morgan fingerprint density at radius 2 is 1.67 bits per heavy atom. The fraction of sp³-hybridized carbons (Fsp3) is 0.0667. The zero-order chi connectivity index (χ0) is 12.7. The average Bonchev–Trinajstić information content (AvgIpc) is 2.74. The van der Waals surface area contributed by atoms with Crippen molar-refractivity contribution >= 4 is 34.2 Å². The third-order valence-electron chi connectivity index (χ3n) is 2.87. The van der Waals surface area contributed by atoms with Gasteiger partial charge in [-0.25, -0.2) is 0 Å². The largest absolute Gasteiger partial charge is 0.455 e. The second kappa shape index (κ2) is 4.34. The Hall–Kier alpha value is -1.44. The third kappa shape index (κ3) is 2.00. The molecular weight excluding hydrogens is 267 g/mol. The normalized spacial score (nSPS) is 11.1. The van der Waals surface area contributed by atoms with Crippen molar-refractivity contribution in [3.8, 4) is 11.3 Å². The molecule has 3 heteroatoms. The van der Waals surface area contributed by atoms with Crippen LogP contribution in [0.5, 0.6) is 0 Å². The van der Waals surface area contributed by atoms with E-state index in [1.54, 1.807) is 6.07 Å². The number of fused-ring (bicyclic) bond motifs is 1. The predicted molar refractivity (Wildman–Crippen MR) is 76.4 cm³/mol. The van der Waals surface area contributed by atoms with Crippen LogP contribution in [0, 0.1) is 6.92 Å². The van der Waals surface area contributed by atoms with Gasteiger partial charge in [0.05, 0.1) is 5.02 Å². The van der Waals surface area contributed by atoms with Gasteiger partial charge in [0.15, 0.2) is 5.58 Å². The maximum absolute atomic E-state index is 6.11. The van der Waals surface area contributed by atoms with Gasteiger partial charge in [-0.1, -0.05) is 53.0 Å². The Morgan fingerprint density at radius 1 is 0.944 bits per heavy atom. The molecule has 18 heavy (non-hydrogen) atoms. The molecule has 0 aliphatic heterocycles. The van der Waals surface area contributed by atoms with Crippen molar-refractivity contribution in [1.29, 1.82) is 0 Å². The van der Waals surface area contributed by atoms with Crippen LogP contribution < -0.4 is 0 Å². The molecule has 1 nitrogen and oxygen atoms in total. The average molecular weight is 277 g/mol. The van der Waals surface area contributed by atoms with E-state index in [2.05, 4.69) is 19.1 Å². The van der Waals surface area contributed by atoms with E-state index in [0.29, 0.717) is 15.6 Å². The third-order valence-corrected chi connectivity index (χ3v) is 3.37. The zero-order valence-corrected chi connectivity index (χ0v) is 11.2. The van der Waals surface area contributed by atoms with E-state index in [1.165, 1.54) is 5.56 Å². The summed E-state index contributed by atoms with van der Waals surface area (Å²) in [5, 5.41) is 2.07. The molecule has 0 unspecified atom stereocenters. The summed E-state index contributed by atoms with van der Waals surface area (Å²) in [6.45, 7) is 2.05. The van der Waals surface area contributed by atoms with Crippen LogP contribution in [0.4, 0.5) is 0 Å². The number of furan rings is 1. The Balaban J connectivity index is 2.19. The number of rotatable bonds is 1. The Bertz CT molecular complexity index is 711. The lowest BCUT2D eigenvalue weighted by Crippen LogP contribution is -1.74. The van der Waals surface area contributed by atoms with Gasteiger partial charge < -0.3 is 4.42 Å². The molecule has 0 atom stereocenters. The molecule has 3 aromatic rings. The van der Waals surface area contributed by atoms with Crippen molar-refractivity contribution in [1.82, 2.24) is 0 Å². The highest BCUT2D eigenvalue weighted by molar-refractivity contribution is 6.38. The van der Waals surface area contributed by atoms with Crippen LogP contribution in [0.15, 0.2) is 46.9 Å². The maximum Gasteiger partial charge on any atom is 0.153 e. The van der Waals surface area contributed by atoms with Crippen LogP contribution in [0.3, 0.4) is 0 Å². The van der Waals surface area contributed by atoms with Crippen LogP contribution in [0.1, 0.15) is 5.56 Å². The number of halogens is 2. The van der Waals surface area contributed by atoms with E-state index in [4.69, 9.17) is 27.6 Å². The van der Waals surface area contributed by atoms with Crippen molar-refractivity contribution in [2.24, 2.45) is 0 Å². The second-order valence-corrected chi connectivity index (χ2v) is 5.13. The molecule has 0 saturated heterocycles. The van der Waals surface area contributed by atoms with Gasteiger partial charge in [-0.3, -0.25) is 0 Å². The van der Waals surface area contributed by atoms with E-state index >= 15 is 0 Å². The Morgan fingerprint density at radius 3 is 2.39 bits per heavy atom. The Kier molecular flexibility index (Phi) is 2.81. The van der Waals surface area contributed by atoms with Gasteiger partial charge in [0.1, 0.15) is 5.76 Å². The molecule has 0 aliphatic carbocycles. The minimum absolute atomic E-state index is 0.538. The predicted octanol–water partition coefficient (Wildman–Crippen LogP) is 5.72. The fourth-order valence-electron chi connectivity index (χ4n) is 1.94. The van der Waals surface area contributed by atoms with Gasteiger partial charge >= 0.3 is 0 Å². The summed E-state index contributed by atoms with van der Waals surface area (Å²) >= 11 is 12.1. The van der Waals surface area contributed by atoms with Crippen LogP contribution in [0.25, 0.3) is 22.3 Å². The molecule has 1 heterocycles. The highest BCUT2D eigenvalue weighted by atomic mass is 35.5. The summed E-state index contributed by atoms with van der Waals surface area (Å²) in [4.78, 5) is 0. The number of benzene rings is 2. The lowest BCUT2D eigenvalue weighted by molar-refractivity contribution is 0.631. The van der Waals surface area contributed by atoms with Crippen LogP contribution in [0.2, 0.25) is 10.0 Å². The molecule has 0 bridgehead atoms. The Labute approximate surface area is 115 Å². The first kappa shape index (κ1) is 11.6. The van der Waals surface area contributed by atoms with E-state index in [1.807, 2.05) is 24.3 Å². The lowest BCUT2D eigenvalue weighted by Gasteiger charge is -1.97. The molecular formula is C15H10Cl2O. The van der Waals surface area contributed by atoms with E-state index in [0.717, 1.165) is 16.7 Å². The van der Waals surface area contributed by atoms with Crippen LogP contribution >= 0.6 is 23.2 Å². The van der Waals surface area contributed by atoms with E-state index < -0.39 is 0 Å². The molecule has 1 aromatic heterocycles. The van der Waals surface area contributed by atoms with Crippen molar-refractivity contribution in [3.63, 3.8) is 0 Å². The van der Waals surface area contributed by atoms with Crippen LogP contribution in [-0.2, 0) is 0 Å². The van der Waals surface area contributed by atoms with Crippen LogP contribution in [-0.4, -0.2) is 0 Å². The van der Waals surface area contributed by atoms with Gasteiger partial charge in [0.2, 0.25) is 0 Å². The molecule has 0 aliphatic rings.